The van der Waals surface area contributed by atoms with Gasteiger partial charge in [-0.1, -0.05) is 23.9 Å². The maximum absolute atomic E-state index is 12.7. The normalized spacial score (nSPS) is 20.1. The van der Waals surface area contributed by atoms with Crippen LogP contribution in [-0.2, 0) is 23.9 Å². The van der Waals surface area contributed by atoms with E-state index in [-0.39, 0.29) is 6.42 Å². The highest BCUT2D eigenvalue weighted by Gasteiger charge is 2.44. The van der Waals surface area contributed by atoms with E-state index in [1.807, 2.05) is 12.1 Å². The summed E-state index contributed by atoms with van der Waals surface area (Å²) in [6.45, 7) is 0. The van der Waals surface area contributed by atoms with Crippen molar-refractivity contribution >= 4 is 29.5 Å². The van der Waals surface area contributed by atoms with Crippen molar-refractivity contribution in [3.8, 4) is 5.75 Å². The standard InChI is InChI=1S/C17H18O6S/c1-21-10-5-4-6-11(9-10)24-13-8-7-12(16(19)22-2)14(15(13)18)17(20)23-3/h4-6,8-9,12,14H,7H2,1-3H3/t12-,14+/m1/s1. The maximum Gasteiger partial charge on any atom is 0.317 e. The largest absolute Gasteiger partial charge is 0.497 e. The average molecular weight is 350 g/mol. The first kappa shape index (κ1) is 18.1. The maximum atomic E-state index is 12.7. The van der Waals surface area contributed by atoms with Gasteiger partial charge in [0.15, 0.2) is 5.78 Å². The van der Waals surface area contributed by atoms with Gasteiger partial charge >= 0.3 is 11.9 Å². The van der Waals surface area contributed by atoms with Crippen molar-refractivity contribution in [2.45, 2.75) is 11.3 Å². The van der Waals surface area contributed by atoms with Gasteiger partial charge < -0.3 is 14.2 Å². The zero-order valence-electron chi connectivity index (χ0n) is 13.6. The molecular formula is C17H18O6S. The Morgan fingerprint density at radius 3 is 2.46 bits per heavy atom. The van der Waals surface area contributed by atoms with E-state index in [1.54, 1.807) is 25.3 Å². The topological polar surface area (TPSA) is 78.9 Å². The third kappa shape index (κ3) is 3.79. The van der Waals surface area contributed by atoms with Gasteiger partial charge in [-0.25, -0.2) is 0 Å². The van der Waals surface area contributed by atoms with Crippen molar-refractivity contribution in [1.29, 1.82) is 0 Å². The number of ether oxygens (including phenoxy) is 3. The fourth-order valence-electron chi connectivity index (χ4n) is 2.47. The number of carbonyl (C=O) groups excluding carboxylic acids is 3. The van der Waals surface area contributed by atoms with Gasteiger partial charge in [-0.15, -0.1) is 0 Å². The molecule has 0 saturated heterocycles. The molecule has 128 valence electrons. The number of allylic oxidation sites excluding steroid dienone is 2. The Morgan fingerprint density at radius 1 is 1.12 bits per heavy atom. The highest BCUT2D eigenvalue weighted by atomic mass is 32.2. The monoisotopic (exact) mass is 350 g/mol. The molecule has 0 amide bonds. The molecule has 2 rings (SSSR count). The van der Waals surface area contributed by atoms with Gasteiger partial charge in [0.1, 0.15) is 11.7 Å². The van der Waals surface area contributed by atoms with Crippen molar-refractivity contribution in [1.82, 2.24) is 0 Å². The van der Waals surface area contributed by atoms with Crippen molar-refractivity contribution in [3.05, 3.63) is 35.2 Å². The first-order valence-corrected chi connectivity index (χ1v) is 8.05. The summed E-state index contributed by atoms with van der Waals surface area (Å²) in [6.07, 6.45) is 1.90. The van der Waals surface area contributed by atoms with Crippen molar-refractivity contribution < 1.29 is 28.6 Å². The number of carbonyl (C=O) groups is 3. The van der Waals surface area contributed by atoms with Crippen LogP contribution >= 0.6 is 11.8 Å². The predicted octanol–water partition coefficient (Wildman–Crippen LogP) is 2.22. The minimum Gasteiger partial charge on any atom is -0.497 e. The van der Waals surface area contributed by atoms with Crippen LogP contribution in [0, 0.1) is 11.8 Å². The Kier molecular flexibility index (Phi) is 6.03. The molecule has 1 aliphatic rings. The van der Waals surface area contributed by atoms with E-state index in [4.69, 9.17) is 14.2 Å². The molecule has 1 aromatic rings. The Morgan fingerprint density at radius 2 is 1.83 bits per heavy atom. The highest BCUT2D eigenvalue weighted by Crippen LogP contribution is 2.38. The summed E-state index contributed by atoms with van der Waals surface area (Å²) in [7, 11) is 3.98. The molecule has 0 aromatic heterocycles. The van der Waals surface area contributed by atoms with Crippen LogP contribution in [0.15, 0.2) is 40.1 Å². The molecule has 0 radical (unpaired) electrons. The summed E-state index contributed by atoms with van der Waals surface area (Å²) >= 11 is 1.23. The lowest BCUT2D eigenvalue weighted by atomic mass is 9.82. The molecule has 0 aliphatic heterocycles. The fourth-order valence-corrected chi connectivity index (χ4v) is 3.45. The lowest BCUT2D eigenvalue weighted by Gasteiger charge is -2.26. The van der Waals surface area contributed by atoms with Crippen LogP contribution in [0.2, 0.25) is 0 Å². The zero-order chi connectivity index (χ0) is 17.7. The van der Waals surface area contributed by atoms with E-state index in [0.717, 1.165) is 4.90 Å². The number of hydrogen-bond acceptors (Lipinski definition) is 7. The minimum atomic E-state index is -1.18. The van der Waals surface area contributed by atoms with Crippen molar-refractivity contribution in [2.75, 3.05) is 21.3 Å². The molecule has 1 aliphatic carbocycles. The van der Waals surface area contributed by atoms with E-state index in [0.29, 0.717) is 10.7 Å². The molecule has 0 unspecified atom stereocenters. The van der Waals surface area contributed by atoms with Crippen molar-refractivity contribution in [2.24, 2.45) is 11.8 Å². The lowest BCUT2D eigenvalue weighted by Crippen LogP contribution is -2.39. The van der Waals surface area contributed by atoms with E-state index >= 15 is 0 Å². The number of rotatable bonds is 5. The highest BCUT2D eigenvalue weighted by molar-refractivity contribution is 8.04. The van der Waals surface area contributed by atoms with E-state index in [2.05, 4.69) is 0 Å². The smallest absolute Gasteiger partial charge is 0.317 e. The molecule has 6 nitrogen and oxygen atoms in total. The number of Topliss-reactive ketones (excluding diaryl/α,β-unsaturated/α-hetero) is 1. The quantitative estimate of drug-likeness (QED) is 0.595. The first-order chi connectivity index (χ1) is 11.5. The second-order valence-electron chi connectivity index (χ2n) is 5.08. The van der Waals surface area contributed by atoms with Gasteiger partial charge in [0.2, 0.25) is 0 Å². The molecule has 7 heteroatoms. The zero-order valence-corrected chi connectivity index (χ0v) is 14.4. The van der Waals surface area contributed by atoms with E-state index in [1.165, 1.54) is 26.0 Å². The summed E-state index contributed by atoms with van der Waals surface area (Å²) in [6, 6.07) is 7.23. The molecule has 24 heavy (non-hydrogen) atoms. The number of ketones is 1. The Balaban J connectivity index is 2.28. The molecule has 0 heterocycles. The Labute approximate surface area is 144 Å². The van der Waals surface area contributed by atoms with Crippen LogP contribution in [0.5, 0.6) is 5.75 Å². The van der Waals surface area contributed by atoms with Gasteiger partial charge in [-0.2, -0.15) is 0 Å². The van der Waals surface area contributed by atoms with Crippen molar-refractivity contribution in [3.63, 3.8) is 0 Å². The Bertz CT molecular complexity index is 681. The van der Waals surface area contributed by atoms with Gasteiger partial charge in [-0.3, -0.25) is 14.4 Å². The Hall–Kier alpha value is -2.28. The third-order valence-corrected chi connectivity index (χ3v) is 4.79. The number of esters is 2. The number of hydrogen-bond donors (Lipinski definition) is 0. The molecule has 0 N–H and O–H groups in total. The number of benzene rings is 1. The second kappa shape index (κ2) is 8.01. The number of methoxy groups -OCH3 is 3. The van der Waals surface area contributed by atoms with Crippen LogP contribution in [0.1, 0.15) is 6.42 Å². The molecule has 0 spiro atoms. The minimum absolute atomic E-state index is 0.241. The first-order valence-electron chi connectivity index (χ1n) is 7.23. The van der Waals surface area contributed by atoms with Crippen LogP contribution in [0.4, 0.5) is 0 Å². The van der Waals surface area contributed by atoms with Gasteiger partial charge in [0.25, 0.3) is 0 Å². The predicted molar refractivity (Wildman–Crippen MR) is 87.6 cm³/mol. The number of thioether (sulfide) groups is 1. The molecule has 0 saturated carbocycles. The SMILES string of the molecule is COC(=O)[C@@H]1C(=O)C(Sc2cccc(OC)c2)=CC[C@H]1C(=O)OC. The van der Waals surface area contributed by atoms with Gasteiger partial charge in [0, 0.05) is 4.90 Å². The second-order valence-corrected chi connectivity index (χ2v) is 6.20. The molecular weight excluding hydrogens is 332 g/mol. The average Bonchev–Trinajstić information content (AvgIpc) is 2.62. The summed E-state index contributed by atoms with van der Waals surface area (Å²) in [5.41, 5.74) is 0. The molecule has 1 aromatic carbocycles. The van der Waals surface area contributed by atoms with Gasteiger partial charge in [0.05, 0.1) is 32.2 Å². The van der Waals surface area contributed by atoms with Crippen LogP contribution < -0.4 is 4.74 Å². The molecule has 0 bridgehead atoms. The summed E-state index contributed by atoms with van der Waals surface area (Å²) in [5.74, 6) is -3.13. The summed E-state index contributed by atoms with van der Waals surface area (Å²) < 4.78 is 14.5. The van der Waals surface area contributed by atoms with Gasteiger partial charge in [-0.05, 0) is 24.6 Å². The summed E-state index contributed by atoms with van der Waals surface area (Å²) in [5, 5.41) is 0. The lowest BCUT2D eigenvalue weighted by molar-refractivity contribution is -0.160. The molecule has 2 atom stereocenters. The van der Waals surface area contributed by atoms with E-state index < -0.39 is 29.6 Å². The van der Waals surface area contributed by atoms with E-state index in [9.17, 15) is 14.4 Å². The fraction of sp³-hybridized carbons (Fsp3) is 0.353. The van der Waals surface area contributed by atoms with Crippen LogP contribution in [0.3, 0.4) is 0 Å². The van der Waals surface area contributed by atoms with Crippen LogP contribution in [0.25, 0.3) is 0 Å². The third-order valence-electron chi connectivity index (χ3n) is 3.71. The summed E-state index contributed by atoms with van der Waals surface area (Å²) in [4.78, 5) is 37.7. The van der Waals surface area contributed by atoms with Crippen LogP contribution in [-0.4, -0.2) is 39.1 Å². The molecule has 0 fully saturated rings.